The first-order chi connectivity index (χ1) is 6.74. The zero-order valence-electron chi connectivity index (χ0n) is 8.86. The number of aliphatic hydroxyl groups excluding tert-OH is 2. The lowest BCUT2D eigenvalue weighted by atomic mass is 9.92. The summed E-state index contributed by atoms with van der Waals surface area (Å²) in [5, 5.41) is 18.2. The predicted octanol–water partition coefficient (Wildman–Crippen LogP) is -0.733. The van der Waals surface area contributed by atoms with Crippen LogP contribution in [0.4, 0.5) is 0 Å². The van der Waals surface area contributed by atoms with E-state index in [0.29, 0.717) is 13.2 Å². The molecule has 86 valence electrons. The summed E-state index contributed by atoms with van der Waals surface area (Å²) in [7, 11) is 3.11. The average Bonchev–Trinajstić information content (AvgIpc) is 2.23. The fourth-order valence-corrected chi connectivity index (χ4v) is 1.01. The van der Waals surface area contributed by atoms with Gasteiger partial charge in [-0.05, 0) is 0 Å². The number of hydrogen-bond donors (Lipinski definition) is 2. The molecule has 2 N–H and O–H groups in total. The van der Waals surface area contributed by atoms with Crippen molar-refractivity contribution >= 4 is 0 Å². The molecule has 0 aliphatic rings. The third-order valence-electron chi connectivity index (χ3n) is 1.96. The Hall–Kier alpha value is -0.200. The first kappa shape index (κ1) is 13.8. The van der Waals surface area contributed by atoms with Crippen LogP contribution < -0.4 is 0 Å². The van der Waals surface area contributed by atoms with Crippen LogP contribution in [0, 0.1) is 5.41 Å². The van der Waals surface area contributed by atoms with Gasteiger partial charge in [0.25, 0.3) is 0 Å². The van der Waals surface area contributed by atoms with Crippen LogP contribution in [-0.2, 0) is 14.2 Å². The van der Waals surface area contributed by atoms with E-state index in [-0.39, 0.29) is 26.4 Å². The van der Waals surface area contributed by atoms with Gasteiger partial charge in [0.15, 0.2) is 0 Å². The molecule has 0 aromatic heterocycles. The number of ether oxygens (including phenoxy) is 3. The van der Waals surface area contributed by atoms with E-state index in [9.17, 15) is 0 Å². The van der Waals surface area contributed by atoms with Crippen molar-refractivity contribution in [2.75, 3.05) is 53.9 Å². The zero-order valence-corrected chi connectivity index (χ0v) is 8.86. The molecule has 0 rings (SSSR count). The quantitative estimate of drug-likeness (QED) is 0.489. The molecule has 0 radical (unpaired) electrons. The van der Waals surface area contributed by atoms with Crippen LogP contribution in [0.25, 0.3) is 0 Å². The summed E-state index contributed by atoms with van der Waals surface area (Å²) in [5.74, 6) is 0. The zero-order chi connectivity index (χ0) is 10.9. The molecule has 0 atom stereocenters. The number of hydrogen-bond acceptors (Lipinski definition) is 5. The molecular formula is C9H20O5. The second kappa shape index (κ2) is 8.14. The van der Waals surface area contributed by atoms with Crippen molar-refractivity contribution in [1.29, 1.82) is 0 Å². The first-order valence-corrected chi connectivity index (χ1v) is 4.52. The molecule has 0 aliphatic heterocycles. The maximum Gasteiger partial charge on any atom is 0.0700 e. The molecule has 5 heteroatoms. The molecular weight excluding hydrogens is 188 g/mol. The van der Waals surface area contributed by atoms with Crippen molar-refractivity contribution in [3.63, 3.8) is 0 Å². The topological polar surface area (TPSA) is 68.2 Å². The van der Waals surface area contributed by atoms with Gasteiger partial charge in [0.2, 0.25) is 0 Å². The summed E-state index contributed by atoms with van der Waals surface area (Å²) in [4.78, 5) is 0. The minimum atomic E-state index is -0.706. The third-order valence-corrected chi connectivity index (χ3v) is 1.96. The second-order valence-corrected chi connectivity index (χ2v) is 3.29. The lowest BCUT2D eigenvalue weighted by Gasteiger charge is -2.28. The van der Waals surface area contributed by atoms with Gasteiger partial charge in [0.05, 0.1) is 45.1 Å². The third kappa shape index (κ3) is 4.88. The molecule has 5 nitrogen and oxygen atoms in total. The Morgan fingerprint density at radius 2 is 1.57 bits per heavy atom. The van der Waals surface area contributed by atoms with Crippen LogP contribution in [-0.4, -0.2) is 64.1 Å². The summed E-state index contributed by atoms with van der Waals surface area (Å²) in [6.45, 7) is 1.15. The van der Waals surface area contributed by atoms with Gasteiger partial charge < -0.3 is 24.4 Å². The average molecular weight is 208 g/mol. The number of aliphatic hydroxyl groups is 2. The van der Waals surface area contributed by atoms with Crippen LogP contribution in [0.3, 0.4) is 0 Å². The molecule has 0 spiro atoms. The summed E-state index contributed by atoms with van der Waals surface area (Å²) < 4.78 is 15.0. The SMILES string of the molecule is COCCOCC(CO)(CO)COC. The van der Waals surface area contributed by atoms with E-state index in [2.05, 4.69) is 0 Å². The van der Waals surface area contributed by atoms with Crippen molar-refractivity contribution in [2.24, 2.45) is 5.41 Å². The Balaban J connectivity index is 3.82. The Morgan fingerprint density at radius 3 is 2.00 bits per heavy atom. The van der Waals surface area contributed by atoms with E-state index in [1.807, 2.05) is 0 Å². The summed E-state index contributed by atoms with van der Waals surface area (Å²) in [6.07, 6.45) is 0. The van der Waals surface area contributed by atoms with E-state index in [1.54, 1.807) is 7.11 Å². The van der Waals surface area contributed by atoms with E-state index in [1.165, 1.54) is 7.11 Å². The van der Waals surface area contributed by atoms with Crippen molar-refractivity contribution in [3.8, 4) is 0 Å². The van der Waals surface area contributed by atoms with Crippen molar-refractivity contribution in [3.05, 3.63) is 0 Å². The minimum absolute atomic E-state index is 0.162. The molecule has 0 amide bonds. The largest absolute Gasteiger partial charge is 0.396 e. The highest BCUT2D eigenvalue weighted by atomic mass is 16.5. The molecule has 0 unspecified atom stereocenters. The molecule has 0 fully saturated rings. The van der Waals surface area contributed by atoms with Gasteiger partial charge in [-0.15, -0.1) is 0 Å². The van der Waals surface area contributed by atoms with Gasteiger partial charge in [-0.1, -0.05) is 0 Å². The molecule has 0 aromatic rings. The van der Waals surface area contributed by atoms with Crippen molar-refractivity contribution in [2.45, 2.75) is 0 Å². The van der Waals surface area contributed by atoms with Crippen LogP contribution in [0.15, 0.2) is 0 Å². The van der Waals surface area contributed by atoms with Gasteiger partial charge in [-0.3, -0.25) is 0 Å². The van der Waals surface area contributed by atoms with E-state index < -0.39 is 5.41 Å². The van der Waals surface area contributed by atoms with Crippen LogP contribution in [0.2, 0.25) is 0 Å². The minimum Gasteiger partial charge on any atom is -0.396 e. The predicted molar refractivity (Wildman–Crippen MR) is 51.2 cm³/mol. The first-order valence-electron chi connectivity index (χ1n) is 4.52. The highest BCUT2D eigenvalue weighted by Gasteiger charge is 2.29. The second-order valence-electron chi connectivity index (χ2n) is 3.29. The van der Waals surface area contributed by atoms with Crippen LogP contribution in [0.5, 0.6) is 0 Å². The fraction of sp³-hybridized carbons (Fsp3) is 1.00. The Bertz CT molecular complexity index is 124. The smallest absolute Gasteiger partial charge is 0.0700 e. The monoisotopic (exact) mass is 208 g/mol. The van der Waals surface area contributed by atoms with Gasteiger partial charge in [-0.2, -0.15) is 0 Å². The molecule has 0 saturated heterocycles. The normalized spacial score (nSPS) is 12.0. The van der Waals surface area contributed by atoms with Crippen molar-refractivity contribution in [1.82, 2.24) is 0 Å². The Morgan fingerprint density at radius 1 is 0.929 bits per heavy atom. The van der Waals surface area contributed by atoms with Gasteiger partial charge >= 0.3 is 0 Å². The summed E-state index contributed by atoms with van der Waals surface area (Å²) >= 11 is 0. The highest BCUT2D eigenvalue weighted by molar-refractivity contribution is 4.77. The van der Waals surface area contributed by atoms with E-state index >= 15 is 0 Å². The Labute approximate surface area is 84.6 Å². The molecule has 14 heavy (non-hydrogen) atoms. The fourth-order valence-electron chi connectivity index (χ4n) is 1.01. The molecule has 0 aliphatic carbocycles. The summed E-state index contributed by atoms with van der Waals surface area (Å²) in [6, 6.07) is 0. The van der Waals surface area contributed by atoms with Gasteiger partial charge in [0, 0.05) is 14.2 Å². The van der Waals surface area contributed by atoms with E-state index in [4.69, 9.17) is 24.4 Å². The lowest BCUT2D eigenvalue weighted by molar-refractivity contribution is -0.0734. The highest BCUT2D eigenvalue weighted by Crippen LogP contribution is 2.16. The molecule has 0 aromatic carbocycles. The van der Waals surface area contributed by atoms with Gasteiger partial charge in [-0.25, -0.2) is 0 Å². The molecule has 0 saturated carbocycles. The van der Waals surface area contributed by atoms with Crippen molar-refractivity contribution < 1.29 is 24.4 Å². The Kier molecular flexibility index (Phi) is 8.02. The van der Waals surface area contributed by atoms with Crippen LogP contribution >= 0.6 is 0 Å². The molecule has 0 bridgehead atoms. The maximum atomic E-state index is 9.11. The lowest BCUT2D eigenvalue weighted by Crippen LogP contribution is -2.39. The van der Waals surface area contributed by atoms with Gasteiger partial charge in [0.1, 0.15) is 0 Å². The van der Waals surface area contributed by atoms with E-state index in [0.717, 1.165) is 0 Å². The number of methoxy groups -OCH3 is 2. The maximum absolute atomic E-state index is 9.11. The van der Waals surface area contributed by atoms with Crippen LogP contribution in [0.1, 0.15) is 0 Å². The molecule has 0 heterocycles. The summed E-state index contributed by atoms with van der Waals surface area (Å²) in [5.41, 5.74) is -0.706. The standard InChI is InChI=1S/C9H20O5/c1-12-3-4-14-8-9(5-10,6-11)7-13-2/h10-11H,3-8H2,1-2H3. The number of rotatable bonds is 9.